The average molecular weight is 422 g/mol. The maximum atomic E-state index is 12.7. The van der Waals surface area contributed by atoms with Crippen molar-refractivity contribution >= 4 is 37.5 Å². The summed E-state index contributed by atoms with van der Waals surface area (Å²) in [5.74, 6) is -0.0458. The normalized spacial score (nSPS) is 12.5. The van der Waals surface area contributed by atoms with Gasteiger partial charge in [-0.3, -0.25) is 0 Å². The molecule has 2 rings (SSSR count). The third kappa shape index (κ3) is 3.88. The Morgan fingerprint density at radius 1 is 1.15 bits per heavy atom. The number of rotatable bonds is 7. The van der Waals surface area contributed by atoms with E-state index >= 15 is 0 Å². The van der Waals surface area contributed by atoms with E-state index < -0.39 is 20.0 Å². The van der Waals surface area contributed by atoms with Crippen molar-refractivity contribution in [2.24, 2.45) is 0 Å². The van der Waals surface area contributed by atoms with Crippen LogP contribution in [0.2, 0.25) is 5.02 Å². The molecule has 2 aromatic rings. The number of aromatic nitrogens is 1. The van der Waals surface area contributed by atoms with E-state index in [1.807, 2.05) is 0 Å². The van der Waals surface area contributed by atoms with Crippen LogP contribution in [0.4, 0.5) is 5.88 Å². The lowest BCUT2D eigenvalue weighted by molar-refractivity contribution is 0.430. The fraction of sp³-hybridized carbons (Fsp3) is 0.400. The molecule has 0 fully saturated rings. The second-order valence-corrected chi connectivity index (χ2v) is 9.51. The number of benzene rings is 1. The lowest BCUT2D eigenvalue weighted by Crippen LogP contribution is -2.30. The van der Waals surface area contributed by atoms with Crippen molar-refractivity contribution in [3.05, 3.63) is 34.5 Å². The first-order valence-electron chi connectivity index (χ1n) is 7.80. The lowest BCUT2D eigenvalue weighted by atomic mass is 10.3. The first-order chi connectivity index (χ1) is 12.0. The summed E-state index contributed by atoms with van der Waals surface area (Å²) in [6.07, 6.45) is 0. The maximum absolute atomic E-state index is 12.7. The Labute approximate surface area is 158 Å². The van der Waals surface area contributed by atoms with Gasteiger partial charge in [0, 0.05) is 18.7 Å². The van der Waals surface area contributed by atoms with Gasteiger partial charge >= 0.3 is 0 Å². The standard InChI is InChI=1S/C15H20ClN3O5S2/c1-5-19(6-2)26(22,23)12-7-8-13(16)14(9-12)25(20,21)18-15-10(3)11(4)17-24-15/h7-9,18H,5-6H2,1-4H3. The molecule has 0 radical (unpaired) electrons. The lowest BCUT2D eigenvalue weighted by Gasteiger charge is -2.19. The molecule has 0 unspecified atom stereocenters. The van der Waals surface area contributed by atoms with E-state index in [2.05, 4.69) is 9.88 Å². The molecule has 0 aliphatic rings. The summed E-state index contributed by atoms with van der Waals surface area (Å²) < 4.78 is 59.1. The van der Waals surface area contributed by atoms with Crippen LogP contribution in [0, 0.1) is 13.8 Å². The molecule has 0 saturated carbocycles. The van der Waals surface area contributed by atoms with Gasteiger partial charge in [-0.2, -0.15) is 4.31 Å². The summed E-state index contributed by atoms with van der Waals surface area (Å²) >= 11 is 6.02. The van der Waals surface area contributed by atoms with Crippen LogP contribution in [0.1, 0.15) is 25.1 Å². The molecule has 0 aliphatic heterocycles. The third-order valence-corrected chi connectivity index (χ3v) is 7.78. The zero-order valence-corrected chi connectivity index (χ0v) is 17.2. The second-order valence-electron chi connectivity index (χ2n) is 5.51. The van der Waals surface area contributed by atoms with E-state index in [1.165, 1.54) is 16.4 Å². The summed E-state index contributed by atoms with van der Waals surface area (Å²) in [5, 5.41) is 3.57. The zero-order valence-electron chi connectivity index (χ0n) is 14.8. The van der Waals surface area contributed by atoms with Gasteiger partial charge in [0.2, 0.25) is 15.9 Å². The molecule has 1 aromatic carbocycles. The van der Waals surface area contributed by atoms with Crippen molar-refractivity contribution in [2.45, 2.75) is 37.5 Å². The van der Waals surface area contributed by atoms with E-state index in [0.29, 0.717) is 11.3 Å². The van der Waals surface area contributed by atoms with E-state index in [0.717, 1.165) is 6.07 Å². The van der Waals surface area contributed by atoms with E-state index in [1.54, 1.807) is 27.7 Å². The average Bonchev–Trinajstić information content (AvgIpc) is 2.87. The molecule has 0 aliphatic carbocycles. The van der Waals surface area contributed by atoms with Gasteiger partial charge in [-0.25, -0.2) is 21.6 Å². The monoisotopic (exact) mass is 421 g/mol. The maximum Gasteiger partial charge on any atom is 0.265 e. The van der Waals surface area contributed by atoms with Crippen LogP contribution in [0.25, 0.3) is 0 Å². The van der Waals surface area contributed by atoms with Gasteiger partial charge in [-0.1, -0.05) is 30.6 Å². The highest BCUT2D eigenvalue weighted by atomic mass is 35.5. The van der Waals surface area contributed by atoms with Crippen LogP contribution < -0.4 is 4.72 Å². The Morgan fingerprint density at radius 3 is 2.27 bits per heavy atom. The molecule has 0 amide bonds. The van der Waals surface area contributed by atoms with Crippen molar-refractivity contribution in [2.75, 3.05) is 17.8 Å². The molecule has 0 bridgehead atoms. The van der Waals surface area contributed by atoms with E-state index in [-0.39, 0.29) is 33.8 Å². The first kappa shape index (κ1) is 20.7. The third-order valence-electron chi connectivity index (χ3n) is 3.92. The van der Waals surface area contributed by atoms with Crippen LogP contribution in [0.5, 0.6) is 0 Å². The van der Waals surface area contributed by atoms with Crippen LogP contribution in [0.15, 0.2) is 32.5 Å². The Hall–Kier alpha value is -1.62. The van der Waals surface area contributed by atoms with Crippen molar-refractivity contribution in [3.8, 4) is 0 Å². The summed E-state index contributed by atoms with van der Waals surface area (Å²) in [6, 6.07) is 3.56. The minimum Gasteiger partial charge on any atom is -0.337 e. The molecule has 11 heteroatoms. The molecule has 1 heterocycles. The molecule has 1 N–H and O–H groups in total. The zero-order chi connectivity index (χ0) is 19.7. The topological polar surface area (TPSA) is 110 Å². The number of hydrogen-bond donors (Lipinski definition) is 1. The Balaban J connectivity index is 2.51. The number of sulfonamides is 2. The molecule has 0 spiro atoms. The molecule has 26 heavy (non-hydrogen) atoms. The van der Waals surface area contributed by atoms with Crippen LogP contribution in [-0.4, -0.2) is 39.4 Å². The van der Waals surface area contributed by atoms with E-state index in [4.69, 9.17) is 16.1 Å². The predicted molar refractivity (Wildman–Crippen MR) is 98.3 cm³/mol. The summed E-state index contributed by atoms with van der Waals surface area (Å²) in [7, 11) is -8.00. The fourth-order valence-electron chi connectivity index (χ4n) is 2.25. The highest BCUT2D eigenvalue weighted by molar-refractivity contribution is 7.93. The molecular formula is C15H20ClN3O5S2. The number of nitrogens with one attached hydrogen (secondary N) is 1. The minimum absolute atomic E-state index is 0.0458. The summed E-state index contributed by atoms with van der Waals surface area (Å²) in [5.41, 5.74) is 1.06. The molecule has 144 valence electrons. The highest BCUT2D eigenvalue weighted by Crippen LogP contribution is 2.29. The van der Waals surface area contributed by atoms with Crippen molar-refractivity contribution in [3.63, 3.8) is 0 Å². The number of halogens is 1. The van der Waals surface area contributed by atoms with Crippen LogP contribution >= 0.6 is 11.6 Å². The molecule has 1 aromatic heterocycles. The first-order valence-corrected chi connectivity index (χ1v) is 11.1. The fourth-order valence-corrected chi connectivity index (χ4v) is 5.38. The van der Waals surface area contributed by atoms with Gasteiger partial charge in [0.05, 0.1) is 15.6 Å². The summed E-state index contributed by atoms with van der Waals surface area (Å²) in [4.78, 5) is -0.516. The van der Waals surface area contributed by atoms with Crippen molar-refractivity contribution < 1.29 is 21.4 Å². The van der Waals surface area contributed by atoms with Gasteiger partial charge in [0.25, 0.3) is 10.0 Å². The number of nitrogens with zero attached hydrogens (tertiary/aromatic N) is 2. The van der Waals surface area contributed by atoms with E-state index in [9.17, 15) is 16.8 Å². The van der Waals surface area contributed by atoms with Gasteiger partial charge in [0.1, 0.15) is 4.90 Å². The van der Waals surface area contributed by atoms with Crippen molar-refractivity contribution in [1.82, 2.24) is 9.46 Å². The highest BCUT2D eigenvalue weighted by Gasteiger charge is 2.27. The Kier molecular flexibility index (Phi) is 6.01. The SMILES string of the molecule is CCN(CC)S(=O)(=O)c1ccc(Cl)c(S(=O)(=O)Nc2onc(C)c2C)c1. The Bertz CT molecular complexity index is 1010. The van der Waals surface area contributed by atoms with Gasteiger partial charge < -0.3 is 4.52 Å². The largest absolute Gasteiger partial charge is 0.337 e. The molecule has 0 saturated heterocycles. The number of anilines is 1. The molecule has 8 nitrogen and oxygen atoms in total. The summed E-state index contributed by atoms with van der Waals surface area (Å²) in [6.45, 7) is 7.24. The Morgan fingerprint density at radius 2 is 1.77 bits per heavy atom. The predicted octanol–water partition coefficient (Wildman–Crippen LogP) is 2.78. The second kappa shape index (κ2) is 7.55. The number of hydrogen-bond acceptors (Lipinski definition) is 6. The van der Waals surface area contributed by atoms with Gasteiger partial charge in [0.15, 0.2) is 0 Å². The molecule has 0 atom stereocenters. The van der Waals surface area contributed by atoms with Crippen LogP contribution in [-0.2, 0) is 20.0 Å². The minimum atomic E-state index is -4.17. The quantitative estimate of drug-likeness (QED) is 0.736. The van der Waals surface area contributed by atoms with Gasteiger partial charge in [-0.15, -0.1) is 0 Å². The van der Waals surface area contributed by atoms with Gasteiger partial charge in [-0.05, 0) is 32.0 Å². The smallest absolute Gasteiger partial charge is 0.265 e. The number of aryl methyl sites for hydroxylation is 1. The van der Waals surface area contributed by atoms with Crippen LogP contribution in [0.3, 0.4) is 0 Å². The molecular weight excluding hydrogens is 402 g/mol. The van der Waals surface area contributed by atoms with Crippen molar-refractivity contribution in [1.29, 1.82) is 0 Å².